The van der Waals surface area contributed by atoms with E-state index >= 15 is 0 Å². The van der Waals surface area contributed by atoms with Crippen LogP contribution in [0.1, 0.15) is 43.6 Å². The van der Waals surface area contributed by atoms with E-state index in [1.54, 1.807) is 6.33 Å². The van der Waals surface area contributed by atoms with Gasteiger partial charge in [0.1, 0.15) is 0 Å². The summed E-state index contributed by atoms with van der Waals surface area (Å²) in [6.45, 7) is 6.68. The quantitative estimate of drug-likeness (QED) is 0.918. The SMILES string of the molecule is Cn1cncc1C(N)Cc1ccc(C(C)(C)C)cc1. The van der Waals surface area contributed by atoms with Crippen LogP contribution in [0.5, 0.6) is 0 Å². The Balaban J connectivity index is 2.10. The van der Waals surface area contributed by atoms with Crippen LogP contribution in [0.3, 0.4) is 0 Å². The van der Waals surface area contributed by atoms with Gasteiger partial charge in [0, 0.05) is 13.2 Å². The van der Waals surface area contributed by atoms with E-state index in [1.807, 2.05) is 17.8 Å². The third-order valence-corrected chi connectivity index (χ3v) is 3.51. The molecule has 0 amide bonds. The summed E-state index contributed by atoms with van der Waals surface area (Å²) in [6.07, 6.45) is 4.47. The predicted molar refractivity (Wildman–Crippen MR) is 79.0 cm³/mol. The molecule has 1 aromatic carbocycles. The molecule has 1 atom stereocenters. The van der Waals surface area contributed by atoms with Crippen molar-refractivity contribution in [2.24, 2.45) is 12.8 Å². The fraction of sp³-hybridized carbons (Fsp3) is 0.438. The summed E-state index contributed by atoms with van der Waals surface area (Å²) in [7, 11) is 1.98. The molecule has 0 saturated heterocycles. The van der Waals surface area contributed by atoms with Gasteiger partial charge in [-0.3, -0.25) is 0 Å². The predicted octanol–water partition coefficient (Wildman–Crippen LogP) is 2.96. The van der Waals surface area contributed by atoms with Crippen LogP contribution >= 0.6 is 0 Å². The Morgan fingerprint density at radius 1 is 1.21 bits per heavy atom. The van der Waals surface area contributed by atoms with Crippen molar-refractivity contribution in [3.8, 4) is 0 Å². The lowest BCUT2D eigenvalue weighted by Gasteiger charge is -2.19. The maximum Gasteiger partial charge on any atom is 0.0946 e. The molecule has 0 spiro atoms. The molecule has 2 aromatic rings. The number of aryl methyl sites for hydroxylation is 1. The van der Waals surface area contributed by atoms with Crippen LogP contribution in [-0.2, 0) is 18.9 Å². The molecule has 1 aromatic heterocycles. The van der Waals surface area contributed by atoms with Crippen molar-refractivity contribution in [1.29, 1.82) is 0 Å². The zero-order valence-corrected chi connectivity index (χ0v) is 12.2. The lowest BCUT2D eigenvalue weighted by atomic mass is 9.86. The van der Waals surface area contributed by atoms with Crippen LogP contribution in [0.25, 0.3) is 0 Å². The molecular formula is C16H23N3. The maximum absolute atomic E-state index is 6.24. The fourth-order valence-electron chi connectivity index (χ4n) is 2.22. The second-order valence-corrected chi connectivity index (χ2v) is 6.19. The Morgan fingerprint density at radius 2 is 1.84 bits per heavy atom. The summed E-state index contributed by atoms with van der Waals surface area (Å²) in [5, 5.41) is 0. The summed E-state index contributed by atoms with van der Waals surface area (Å²) in [5.41, 5.74) is 10.1. The number of nitrogens with two attached hydrogens (primary N) is 1. The van der Waals surface area contributed by atoms with E-state index in [0.717, 1.165) is 12.1 Å². The van der Waals surface area contributed by atoms with Gasteiger partial charge < -0.3 is 10.3 Å². The van der Waals surface area contributed by atoms with E-state index in [-0.39, 0.29) is 11.5 Å². The van der Waals surface area contributed by atoms with Crippen molar-refractivity contribution >= 4 is 0 Å². The number of benzene rings is 1. The standard InChI is InChI=1S/C16H23N3/c1-16(2,3)13-7-5-12(6-8-13)9-14(17)15-10-18-11-19(15)4/h5-8,10-11,14H,9,17H2,1-4H3. The molecule has 3 nitrogen and oxygen atoms in total. The van der Waals surface area contributed by atoms with Crippen LogP contribution in [-0.4, -0.2) is 9.55 Å². The topological polar surface area (TPSA) is 43.8 Å². The third kappa shape index (κ3) is 3.24. The summed E-state index contributed by atoms with van der Waals surface area (Å²) in [4.78, 5) is 4.11. The molecule has 0 aliphatic carbocycles. The monoisotopic (exact) mass is 257 g/mol. The highest BCUT2D eigenvalue weighted by Gasteiger charge is 2.14. The van der Waals surface area contributed by atoms with Gasteiger partial charge in [0.05, 0.1) is 18.1 Å². The van der Waals surface area contributed by atoms with Gasteiger partial charge >= 0.3 is 0 Å². The normalized spacial score (nSPS) is 13.5. The lowest BCUT2D eigenvalue weighted by molar-refractivity contribution is 0.589. The number of imidazole rings is 1. The summed E-state index contributed by atoms with van der Waals surface area (Å²) in [5.74, 6) is 0. The van der Waals surface area contributed by atoms with Crippen molar-refractivity contribution in [2.45, 2.75) is 38.6 Å². The Morgan fingerprint density at radius 3 is 2.32 bits per heavy atom. The minimum absolute atomic E-state index is 0.00649. The Bertz CT molecular complexity index is 532. The molecular weight excluding hydrogens is 234 g/mol. The van der Waals surface area contributed by atoms with Crippen LogP contribution in [0.15, 0.2) is 36.8 Å². The first-order valence-electron chi connectivity index (χ1n) is 6.69. The molecule has 0 radical (unpaired) electrons. The number of nitrogens with zero attached hydrogens (tertiary/aromatic N) is 2. The summed E-state index contributed by atoms with van der Waals surface area (Å²) >= 11 is 0. The molecule has 1 heterocycles. The van der Waals surface area contributed by atoms with Gasteiger partial charge in [0.15, 0.2) is 0 Å². The average molecular weight is 257 g/mol. The van der Waals surface area contributed by atoms with Gasteiger partial charge in [-0.1, -0.05) is 45.0 Å². The van der Waals surface area contributed by atoms with Gasteiger partial charge in [0.2, 0.25) is 0 Å². The number of hydrogen-bond acceptors (Lipinski definition) is 2. The van der Waals surface area contributed by atoms with E-state index in [0.29, 0.717) is 0 Å². The molecule has 0 bridgehead atoms. The van der Waals surface area contributed by atoms with Crippen LogP contribution in [0, 0.1) is 0 Å². The van der Waals surface area contributed by atoms with Crippen molar-refractivity contribution in [3.05, 3.63) is 53.6 Å². The van der Waals surface area contributed by atoms with E-state index < -0.39 is 0 Å². The first-order valence-corrected chi connectivity index (χ1v) is 6.69. The summed E-state index contributed by atoms with van der Waals surface area (Å²) < 4.78 is 1.98. The van der Waals surface area contributed by atoms with Gasteiger partial charge in [-0.15, -0.1) is 0 Å². The molecule has 2 N–H and O–H groups in total. The first kappa shape index (κ1) is 13.8. The minimum Gasteiger partial charge on any atom is -0.336 e. The van der Waals surface area contributed by atoms with Crippen molar-refractivity contribution in [1.82, 2.24) is 9.55 Å². The molecule has 102 valence electrons. The van der Waals surface area contributed by atoms with E-state index in [9.17, 15) is 0 Å². The maximum atomic E-state index is 6.24. The first-order chi connectivity index (χ1) is 8.88. The van der Waals surface area contributed by atoms with E-state index in [1.165, 1.54) is 11.1 Å². The van der Waals surface area contributed by atoms with Crippen molar-refractivity contribution in [3.63, 3.8) is 0 Å². The van der Waals surface area contributed by atoms with Crippen molar-refractivity contribution < 1.29 is 0 Å². The van der Waals surface area contributed by atoms with Crippen molar-refractivity contribution in [2.75, 3.05) is 0 Å². The highest BCUT2D eigenvalue weighted by molar-refractivity contribution is 5.28. The zero-order chi connectivity index (χ0) is 14.0. The molecule has 0 aliphatic rings. The average Bonchev–Trinajstić information content (AvgIpc) is 2.75. The van der Waals surface area contributed by atoms with E-state index in [4.69, 9.17) is 5.73 Å². The molecule has 1 unspecified atom stereocenters. The highest BCUT2D eigenvalue weighted by atomic mass is 15.0. The van der Waals surface area contributed by atoms with Gasteiger partial charge in [-0.2, -0.15) is 0 Å². The second-order valence-electron chi connectivity index (χ2n) is 6.19. The molecule has 0 saturated carbocycles. The van der Waals surface area contributed by atoms with Gasteiger partial charge in [-0.25, -0.2) is 4.98 Å². The van der Waals surface area contributed by atoms with Gasteiger partial charge in [0.25, 0.3) is 0 Å². The lowest BCUT2D eigenvalue weighted by Crippen LogP contribution is -2.16. The number of rotatable bonds is 3. The minimum atomic E-state index is -0.00649. The Kier molecular flexibility index (Phi) is 3.76. The molecule has 2 rings (SSSR count). The summed E-state index contributed by atoms with van der Waals surface area (Å²) in [6, 6.07) is 8.75. The second kappa shape index (κ2) is 5.17. The van der Waals surface area contributed by atoms with Crippen LogP contribution in [0.2, 0.25) is 0 Å². The molecule has 3 heteroatoms. The molecule has 0 aliphatic heterocycles. The zero-order valence-electron chi connectivity index (χ0n) is 12.2. The third-order valence-electron chi connectivity index (χ3n) is 3.51. The number of aromatic nitrogens is 2. The van der Waals surface area contributed by atoms with Crippen LogP contribution in [0.4, 0.5) is 0 Å². The largest absolute Gasteiger partial charge is 0.336 e. The Hall–Kier alpha value is -1.61. The van der Waals surface area contributed by atoms with Crippen LogP contribution < -0.4 is 5.73 Å². The Labute approximate surface area is 115 Å². The van der Waals surface area contributed by atoms with E-state index in [2.05, 4.69) is 50.0 Å². The smallest absolute Gasteiger partial charge is 0.0946 e. The molecule has 19 heavy (non-hydrogen) atoms. The number of hydrogen-bond donors (Lipinski definition) is 1. The highest BCUT2D eigenvalue weighted by Crippen LogP contribution is 2.23. The van der Waals surface area contributed by atoms with Gasteiger partial charge in [-0.05, 0) is 23.0 Å². The fourth-order valence-corrected chi connectivity index (χ4v) is 2.22. The molecule has 0 fully saturated rings.